The summed E-state index contributed by atoms with van der Waals surface area (Å²) in [6.07, 6.45) is 1.14. The van der Waals surface area contributed by atoms with Gasteiger partial charge < -0.3 is 24.4 Å². The molecule has 0 radical (unpaired) electrons. The first kappa shape index (κ1) is 24.0. The van der Waals surface area contributed by atoms with E-state index in [1.165, 1.54) is 0 Å². The summed E-state index contributed by atoms with van der Waals surface area (Å²) in [5.41, 5.74) is 1.16. The fourth-order valence-corrected chi connectivity index (χ4v) is 3.05. The van der Waals surface area contributed by atoms with Gasteiger partial charge in [0.25, 0.3) is 0 Å². The molecule has 1 saturated heterocycles. The van der Waals surface area contributed by atoms with Gasteiger partial charge in [0.2, 0.25) is 0 Å². The maximum absolute atomic E-state index is 5.69. The molecule has 0 aliphatic carbocycles. The van der Waals surface area contributed by atoms with Crippen LogP contribution < -0.4 is 10.1 Å². The predicted octanol–water partition coefficient (Wildman–Crippen LogP) is 3.15. The van der Waals surface area contributed by atoms with Gasteiger partial charge in [0, 0.05) is 32.7 Å². The van der Waals surface area contributed by atoms with Crippen LogP contribution in [-0.4, -0.2) is 64.0 Å². The normalized spacial score (nSPS) is 16.9. The molecule has 0 amide bonds. The monoisotopic (exact) mass is 491 g/mol. The van der Waals surface area contributed by atoms with Gasteiger partial charge in [-0.2, -0.15) is 0 Å². The summed E-state index contributed by atoms with van der Waals surface area (Å²) < 4.78 is 16.3. The molecule has 1 atom stereocenters. The summed E-state index contributed by atoms with van der Waals surface area (Å²) in [5.74, 6) is 2.44. The van der Waals surface area contributed by atoms with Gasteiger partial charge in [0.05, 0.1) is 33.0 Å². The van der Waals surface area contributed by atoms with Gasteiger partial charge in [-0.15, -0.1) is 24.0 Å². The molecule has 1 unspecified atom stereocenters. The van der Waals surface area contributed by atoms with Crippen LogP contribution in [0, 0.1) is 5.92 Å². The van der Waals surface area contributed by atoms with Crippen molar-refractivity contribution in [2.45, 2.75) is 26.8 Å². The minimum absolute atomic E-state index is 0. The molecule has 27 heavy (non-hydrogen) atoms. The van der Waals surface area contributed by atoms with Crippen LogP contribution in [-0.2, 0) is 16.0 Å². The van der Waals surface area contributed by atoms with Crippen molar-refractivity contribution in [2.75, 3.05) is 53.2 Å². The number of hydrogen-bond donors (Lipinski definition) is 1. The maximum atomic E-state index is 5.69. The number of nitrogens with zero attached hydrogens (tertiary/aromatic N) is 2. The van der Waals surface area contributed by atoms with Crippen molar-refractivity contribution < 1.29 is 14.2 Å². The Bertz CT molecular complexity index is 557. The standard InChI is InChI=1S/C20H33N3O3.HI/c1-4-21-20(22-14-17-7-6-8-19(13-17)26-5-2)23-10-9-18(15-23)16-25-12-11-24-3;/h6-8,13,18H,4-5,9-12,14-16H2,1-3H3,(H,21,22);1H. The highest BCUT2D eigenvalue weighted by Gasteiger charge is 2.24. The fraction of sp³-hybridized carbons (Fsp3) is 0.650. The lowest BCUT2D eigenvalue weighted by atomic mass is 10.1. The number of aliphatic imine (C=N–C) groups is 1. The highest BCUT2D eigenvalue weighted by molar-refractivity contribution is 14.0. The van der Waals surface area contributed by atoms with Crippen molar-refractivity contribution in [1.82, 2.24) is 10.2 Å². The number of likely N-dealkylation sites (tertiary alicyclic amines) is 1. The van der Waals surface area contributed by atoms with E-state index in [1.807, 2.05) is 19.1 Å². The molecule has 0 spiro atoms. The van der Waals surface area contributed by atoms with Crippen LogP contribution >= 0.6 is 24.0 Å². The number of nitrogens with one attached hydrogen (secondary N) is 1. The SMILES string of the molecule is CCNC(=NCc1cccc(OCC)c1)N1CCC(COCCOC)C1.I. The van der Waals surface area contributed by atoms with Gasteiger partial charge in [-0.1, -0.05) is 12.1 Å². The summed E-state index contributed by atoms with van der Waals surface area (Å²) in [4.78, 5) is 7.16. The van der Waals surface area contributed by atoms with Gasteiger partial charge >= 0.3 is 0 Å². The van der Waals surface area contributed by atoms with E-state index in [2.05, 4.69) is 29.3 Å². The molecular formula is C20H34IN3O3. The largest absolute Gasteiger partial charge is 0.494 e. The molecule has 7 heteroatoms. The number of hydrogen-bond acceptors (Lipinski definition) is 4. The van der Waals surface area contributed by atoms with Crippen LogP contribution in [0.15, 0.2) is 29.3 Å². The summed E-state index contributed by atoms with van der Waals surface area (Å²) in [7, 11) is 1.70. The van der Waals surface area contributed by atoms with Crippen LogP contribution in [0.3, 0.4) is 0 Å². The van der Waals surface area contributed by atoms with Crippen molar-refractivity contribution >= 4 is 29.9 Å². The van der Waals surface area contributed by atoms with Gasteiger partial charge in [0.15, 0.2) is 5.96 Å². The third kappa shape index (κ3) is 8.66. The van der Waals surface area contributed by atoms with E-state index in [4.69, 9.17) is 19.2 Å². The number of rotatable bonds is 10. The average molecular weight is 491 g/mol. The second kappa shape index (κ2) is 14.0. The summed E-state index contributed by atoms with van der Waals surface area (Å²) in [6, 6.07) is 8.15. The van der Waals surface area contributed by atoms with Crippen molar-refractivity contribution in [1.29, 1.82) is 0 Å². The number of halogens is 1. The second-order valence-corrected chi connectivity index (χ2v) is 6.42. The predicted molar refractivity (Wildman–Crippen MR) is 120 cm³/mol. The van der Waals surface area contributed by atoms with E-state index in [0.717, 1.165) is 49.9 Å². The molecule has 1 fully saturated rings. The number of ether oxygens (including phenoxy) is 3. The van der Waals surface area contributed by atoms with Crippen LogP contribution in [0.5, 0.6) is 5.75 Å². The Labute approximate surface area is 180 Å². The van der Waals surface area contributed by atoms with Gasteiger partial charge in [-0.25, -0.2) is 4.99 Å². The zero-order chi connectivity index (χ0) is 18.6. The lowest BCUT2D eigenvalue weighted by Crippen LogP contribution is -2.40. The molecule has 1 N–H and O–H groups in total. The Morgan fingerprint density at radius 1 is 1.30 bits per heavy atom. The number of methoxy groups -OCH3 is 1. The minimum atomic E-state index is 0. The van der Waals surface area contributed by atoms with E-state index in [9.17, 15) is 0 Å². The maximum Gasteiger partial charge on any atom is 0.194 e. The van der Waals surface area contributed by atoms with Gasteiger partial charge in [-0.3, -0.25) is 0 Å². The lowest BCUT2D eigenvalue weighted by Gasteiger charge is -2.21. The van der Waals surface area contributed by atoms with Crippen molar-refractivity contribution in [3.05, 3.63) is 29.8 Å². The van der Waals surface area contributed by atoms with E-state index >= 15 is 0 Å². The molecule has 0 aromatic heterocycles. The Balaban J connectivity index is 0.00000364. The van der Waals surface area contributed by atoms with E-state index in [-0.39, 0.29) is 24.0 Å². The Morgan fingerprint density at radius 2 is 2.15 bits per heavy atom. The first-order chi connectivity index (χ1) is 12.8. The molecule has 2 rings (SSSR count). The van der Waals surface area contributed by atoms with Crippen LogP contribution in [0.25, 0.3) is 0 Å². The highest BCUT2D eigenvalue weighted by atomic mass is 127. The Hall–Kier alpha value is -1.06. The minimum Gasteiger partial charge on any atom is -0.494 e. The van der Waals surface area contributed by atoms with Crippen LogP contribution in [0.4, 0.5) is 0 Å². The highest BCUT2D eigenvalue weighted by Crippen LogP contribution is 2.18. The summed E-state index contributed by atoms with van der Waals surface area (Å²) >= 11 is 0. The fourth-order valence-electron chi connectivity index (χ4n) is 3.05. The Kier molecular flexibility index (Phi) is 12.4. The molecule has 154 valence electrons. The van der Waals surface area contributed by atoms with Crippen LogP contribution in [0.1, 0.15) is 25.8 Å². The zero-order valence-corrected chi connectivity index (χ0v) is 19.1. The van der Waals surface area contributed by atoms with E-state index < -0.39 is 0 Å². The second-order valence-electron chi connectivity index (χ2n) is 6.42. The molecule has 6 nitrogen and oxygen atoms in total. The van der Waals surface area contributed by atoms with Crippen LogP contribution in [0.2, 0.25) is 0 Å². The average Bonchev–Trinajstić information content (AvgIpc) is 3.12. The molecule has 1 aromatic rings. The van der Waals surface area contributed by atoms with Crippen molar-refractivity contribution in [3.8, 4) is 5.75 Å². The van der Waals surface area contributed by atoms with Crippen molar-refractivity contribution in [3.63, 3.8) is 0 Å². The molecule has 1 heterocycles. The smallest absolute Gasteiger partial charge is 0.194 e. The van der Waals surface area contributed by atoms with Gasteiger partial charge in [0.1, 0.15) is 5.75 Å². The lowest BCUT2D eigenvalue weighted by molar-refractivity contribution is 0.0536. The zero-order valence-electron chi connectivity index (χ0n) is 16.8. The first-order valence-corrected chi connectivity index (χ1v) is 9.58. The first-order valence-electron chi connectivity index (χ1n) is 9.58. The van der Waals surface area contributed by atoms with E-state index in [1.54, 1.807) is 7.11 Å². The van der Waals surface area contributed by atoms with Gasteiger partial charge in [-0.05, 0) is 38.0 Å². The third-order valence-corrected chi connectivity index (χ3v) is 4.33. The molecular weight excluding hydrogens is 457 g/mol. The molecule has 1 aromatic carbocycles. The molecule has 0 bridgehead atoms. The molecule has 1 aliphatic heterocycles. The quantitative estimate of drug-likeness (QED) is 0.236. The summed E-state index contributed by atoms with van der Waals surface area (Å²) in [6.45, 7) is 10.4. The third-order valence-electron chi connectivity index (χ3n) is 4.33. The van der Waals surface area contributed by atoms with Crippen molar-refractivity contribution in [2.24, 2.45) is 10.9 Å². The number of benzene rings is 1. The number of guanidine groups is 1. The topological polar surface area (TPSA) is 55.3 Å². The Morgan fingerprint density at radius 3 is 2.89 bits per heavy atom. The summed E-state index contributed by atoms with van der Waals surface area (Å²) in [5, 5.41) is 3.42. The van der Waals surface area contributed by atoms with E-state index in [0.29, 0.717) is 32.3 Å². The molecule has 0 saturated carbocycles. The molecule has 1 aliphatic rings.